The van der Waals surface area contributed by atoms with E-state index in [4.69, 9.17) is 4.42 Å². The van der Waals surface area contributed by atoms with Crippen LogP contribution in [0, 0.1) is 0 Å². The molecule has 0 aliphatic heterocycles. The molecule has 2 aromatic heterocycles. The number of fused-ring (bicyclic) bond motifs is 9. The summed E-state index contributed by atoms with van der Waals surface area (Å²) in [6.07, 6.45) is 0. The zero-order chi connectivity index (χ0) is 42.8. The van der Waals surface area contributed by atoms with Crippen LogP contribution >= 0.6 is 0 Å². The molecule has 0 bridgehead atoms. The van der Waals surface area contributed by atoms with E-state index in [9.17, 15) is 0 Å². The Morgan fingerprint density at radius 2 is 0.831 bits per heavy atom. The topological polar surface area (TPSA) is 21.3 Å². The number of rotatable bonds is 7. The van der Waals surface area contributed by atoms with Gasteiger partial charge >= 0.3 is 0 Å². The second-order valence-electron chi connectivity index (χ2n) is 16.8. The van der Waals surface area contributed by atoms with Gasteiger partial charge in [-0.05, 0) is 87.3 Å². The number of anilines is 3. The average molecular weight is 829 g/mol. The van der Waals surface area contributed by atoms with Gasteiger partial charge in [-0.2, -0.15) is 0 Å². The molecule has 0 unspecified atom stereocenters. The van der Waals surface area contributed by atoms with Gasteiger partial charge in [0.05, 0.1) is 28.1 Å². The lowest BCUT2D eigenvalue weighted by Crippen LogP contribution is -2.13. The Hall–Kier alpha value is -8.66. The summed E-state index contributed by atoms with van der Waals surface area (Å²) in [5, 5.41) is 9.69. The fourth-order valence-electron chi connectivity index (χ4n) is 10.3. The zero-order valence-electron chi connectivity index (χ0n) is 35.4. The first kappa shape index (κ1) is 36.9. The summed E-state index contributed by atoms with van der Waals surface area (Å²) >= 11 is 0. The van der Waals surface area contributed by atoms with Crippen molar-refractivity contribution in [3.05, 3.63) is 243 Å². The van der Waals surface area contributed by atoms with Crippen LogP contribution in [-0.4, -0.2) is 4.57 Å². The lowest BCUT2D eigenvalue weighted by Gasteiger charge is -2.30. The Balaban J connectivity index is 1.05. The van der Waals surface area contributed by atoms with Gasteiger partial charge in [-0.25, -0.2) is 0 Å². The normalized spacial score (nSPS) is 11.7. The summed E-state index contributed by atoms with van der Waals surface area (Å²) in [5.41, 5.74) is 15.2. The molecular weight excluding hydrogens is 789 g/mol. The minimum Gasteiger partial charge on any atom is -0.455 e. The molecule has 13 aromatic rings. The van der Waals surface area contributed by atoms with Gasteiger partial charge in [-0.1, -0.05) is 188 Å². The van der Waals surface area contributed by atoms with Crippen molar-refractivity contribution in [2.75, 3.05) is 4.90 Å². The number of hydrogen-bond acceptors (Lipinski definition) is 2. The molecule has 0 saturated carbocycles. The van der Waals surface area contributed by atoms with Crippen LogP contribution in [0.1, 0.15) is 0 Å². The Bertz CT molecular complexity index is 3910. The molecule has 0 fully saturated rings. The van der Waals surface area contributed by atoms with E-state index < -0.39 is 0 Å². The minimum atomic E-state index is 0.879. The Labute approximate surface area is 376 Å². The molecular formula is C62H40N2O. The molecule has 13 rings (SSSR count). The van der Waals surface area contributed by atoms with Crippen LogP contribution in [0.3, 0.4) is 0 Å². The van der Waals surface area contributed by atoms with Gasteiger partial charge in [-0.15, -0.1) is 0 Å². The number of nitrogens with zero attached hydrogens (tertiary/aromatic N) is 2. The van der Waals surface area contributed by atoms with Gasteiger partial charge in [0.1, 0.15) is 11.2 Å². The van der Waals surface area contributed by atoms with Crippen LogP contribution in [0.2, 0.25) is 0 Å². The van der Waals surface area contributed by atoms with Crippen molar-refractivity contribution in [1.29, 1.82) is 0 Å². The van der Waals surface area contributed by atoms with Gasteiger partial charge < -0.3 is 13.9 Å². The van der Waals surface area contributed by atoms with Crippen molar-refractivity contribution in [2.45, 2.75) is 0 Å². The van der Waals surface area contributed by atoms with E-state index in [0.717, 1.165) is 66.9 Å². The third-order valence-corrected chi connectivity index (χ3v) is 13.2. The second-order valence-corrected chi connectivity index (χ2v) is 16.8. The van der Waals surface area contributed by atoms with Gasteiger partial charge in [0.15, 0.2) is 0 Å². The predicted octanol–water partition coefficient (Wildman–Crippen LogP) is 17.5. The molecule has 0 aliphatic rings. The fourth-order valence-corrected chi connectivity index (χ4v) is 10.3. The molecule has 11 aromatic carbocycles. The van der Waals surface area contributed by atoms with Gasteiger partial charge in [0.25, 0.3) is 0 Å². The third kappa shape index (κ3) is 5.90. The highest BCUT2D eigenvalue weighted by molar-refractivity contribution is 6.15. The van der Waals surface area contributed by atoms with E-state index in [1.54, 1.807) is 0 Å². The highest BCUT2D eigenvalue weighted by Gasteiger charge is 2.24. The van der Waals surface area contributed by atoms with Crippen LogP contribution < -0.4 is 4.90 Å². The first-order valence-corrected chi connectivity index (χ1v) is 22.3. The van der Waals surface area contributed by atoms with E-state index in [1.807, 2.05) is 6.07 Å². The molecule has 0 aliphatic carbocycles. The number of hydrogen-bond donors (Lipinski definition) is 0. The fraction of sp³-hybridized carbons (Fsp3) is 0. The molecule has 0 atom stereocenters. The summed E-state index contributed by atoms with van der Waals surface area (Å²) in [6, 6.07) is 87.7. The molecule has 0 spiro atoms. The lowest BCUT2D eigenvalue weighted by molar-refractivity contribution is 0.670. The Morgan fingerprint density at radius 3 is 1.55 bits per heavy atom. The summed E-state index contributed by atoms with van der Waals surface area (Å²) in [4.78, 5) is 2.44. The largest absolute Gasteiger partial charge is 0.455 e. The summed E-state index contributed by atoms with van der Waals surface area (Å²) in [6.45, 7) is 0. The second kappa shape index (κ2) is 15.0. The third-order valence-electron chi connectivity index (χ3n) is 13.2. The molecule has 65 heavy (non-hydrogen) atoms. The zero-order valence-corrected chi connectivity index (χ0v) is 35.4. The number of aromatic nitrogens is 1. The van der Waals surface area contributed by atoms with E-state index in [-0.39, 0.29) is 0 Å². The minimum absolute atomic E-state index is 0.879. The molecule has 0 N–H and O–H groups in total. The molecule has 0 radical (unpaired) electrons. The van der Waals surface area contributed by atoms with E-state index in [0.29, 0.717) is 0 Å². The number of furan rings is 1. The maximum absolute atomic E-state index is 6.71. The maximum Gasteiger partial charge on any atom is 0.143 e. The predicted molar refractivity (Wildman–Crippen MR) is 274 cm³/mol. The highest BCUT2D eigenvalue weighted by atomic mass is 16.3. The van der Waals surface area contributed by atoms with Crippen molar-refractivity contribution >= 4 is 82.4 Å². The van der Waals surface area contributed by atoms with Gasteiger partial charge in [0, 0.05) is 49.5 Å². The molecule has 3 nitrogen and oxygen atoms in total. The molecule has 3 heteroatoms. The first-order valence-electron chi connectivity index (χ1n) is 22.3. The Kier molecular flexibility index (Phi) is 8.53. The van der Waals surface area contributed by atoms with Crippen molar-refractivity contribution in [3.8, 4) is 39.1 Å². The van der Waals surface area contributed by atoms with Crippen LogP contribution in [0.25, 0.3) is 104 Å². The van der Waals surface area contributed by atoms with E-state index in [1.165, 1.54) is 54.5 Å². The van der Waals surface area contributed by atoms with E-state index >= 15 is 0 Å². The number of para-hydroxylation sites is 7. The quantitative estimate of drug-likeness (QED) is 0.149. The molecule has 2 heterocycles. The smallest absolute Gasteiger partial charge is 0.143 e. The van der Waals surface area contributed by atoms with Gasteiger partial charge in [0.2, 0.25) is 0 Å². The van der Waals surface area contributed by atoms with Crippen LogP contribution in [0.5, 0.6) is 0 Å². The van der Waals surface area contributed by atoms with E-state index in [2.05, 4.69) is 246 Å². The first-order chi connectivity index (χ1) is 32.3. The van der Waals surface area contributed by atoms with Crippen LogP contribution in [0.4, 0.5) is 17.1 Å². The van der Waals surface area contributed by atoms with Crippen LogP contribution in [0.15, 0.2) is 247 Å². The molecule has 0 amide bonds. The van der Waals surface area contributed by atoms with Gasteiger partial charge in [-0.3, -0.25) is 0 Å². The summed E-state index contributed by atoms with van der Waals surface area (Å²) in [5.74, 6) is 0. The number of benzene rings is 11. The SMILES string of the molecule is c1ccc(N(c2ccc(-c3cc4ccccc4c4ccccc34)cc2)c2ccccc2-c2cccc3c2oc2ccccc23)c(-c2ccccc2-n2c3ccccc3c3ccccc32)c1. The molecule has 0 saturated heterocycles. The van der Waals surface area contributed by atoms with Crippen molar-refractivity contribution in [1.82, 2.24) is 4.57 Å². The van der Waals surface area contributed by atoms with Crippen molar-refractivity contribution in [3.63, 3.8) is 0 Å². The van der Waals surface area contributed by atoms with Crippen LogP contribution in [-0.2, 0) is 0 Å². The molecule has 304 valence electrons. The lowest BCUT2D eigenvalue weighted by atomic mass is 9.93. The highest BCUT2D eigenvalue weighted by Crippen LogP contribution is 2.48. The monoisotopic (exact) mass is 828 g/mol. The van der Waals surface area contributed by atoms with Crippen molar-refractivity contribution in [2.24, 2.45) is 0 Å². The Morgan fingerprint density at radius 1 is 0.323 bits per heavy atom. The maximum atomic E-state index is 6.71. The summed E-state index contributed by atoms with van der Waals surface area (Å²) < 4.78 is 9.14. The standard InChI is InChI=1S/C62H40N2O/c1-2-19-44-42(18-1)40-55(46-21-4-3-20-45(44)46)41-36-38-43(39-37-41)63(57-31-12-9-26-51(57)53-28-17-29-54-52-27-10-16-35-61(52)65-62(53)54)56-30-11-5-22-47(56)48-23-6-13-32-58(48)64-59-33-14-7-24-49(59)50-25-8-15-34-60(50)64/h1-40H. The van der Waals surface area contributed by atoms with Crippen molar-refractivity contribution < 1.29 is 4.42 Å². The summed E-state index contributed by atoms with van der Waals surface area (Å²) in [7, 11) is 0. The average Bonchev–Trinajstić information content (AvgIpc) is 3.93.